The molecule has 3 heterocycles. The highest BCUT2D eigenvalue weighted by Crippen LogP contribution is 2.36. The number of phenols is 1. The summed E-state index contributed by atoms with van der Waals surface area (Å²) in [6.45, 7) is 8.78. The van der Waals surface area contributed by atoms with Gasteiger partial charge in [0.25, 0.3) is 0 Å². The van der Waals surface area contributed by atoms with Gasteiger partial charge in [-0.15, -0.1) is 0 Å². The van der Waals surface area contributed by atoms with Crippen molar-refractivity contribution in [2.75, 3.05) is 11.6 Å². The number of nitrogens with one attached hydrogen (secondary N) is 3. The van der Waals surface area contributed by atoms with E-state index in [1.807, 2.05) is 36.6 Å². The largest absolute Gasteiger partial charge is 0.508 e. The van der Waals surface area contributed by atoms with Crippen LogP contribution >= 0.6 is 23.5 Å². The van der Waals surface area contributed by atoms with Crippen LogP contribution in [0.15, 0.2) is 87.9 Å². The molecule has 0 bridgehead atoms. The Morgan fingerprint density at radius 1 is 1.17 bits per heavy atom. The van der Waals surface area contributed by atoms with Crippen LogP contribution in [0, 0.1) is 5.92 Å². The number of urea groups is 1. The third-order valence-corrected chi connectivity index (χ3v) is 9.22. The van der Waals surface area contributed by atoms with E-state index in [9.17, 15) is 9.90 Å². The number of carbonyl (C=O) groups excluding carboxylic acids is 1. The van der Waals surface area contributed by atoms with E-state index in [1.54, 1.807) is 46.4 Å². The van der Waals surface area contributed by atoms with E-state index in [1.165, 1.54) is 0 Å². The van der Waals surface area contributed by atoms with Gasteiger partial charge in [0.15, 0.2) is 0 Å². The van der Waals surface area contributed by atoms with Crippen LogP contribution in [0.2, 0.25) is 0 Å². The molecule has 41 heavy (non-hydrogen) atoms. The molecule has 2 aromatic carbocycles. The van der Waals surface area contributed by atoms with Gasteiger partial charge in [-0.1, -0.05) is 49.9 Å². The first-order valence-electron chi connectivity index (χ1n) is 13.4. The Bertz CT molecular complexity index is 1530. The summed E-state index contributed by atoms with van der Waals surface area (Å²) in [7, 11) is 0. The summed E-state index contributed by atoms with van der Waals surface area (Å²) in [6, 6.07) is 16.4. The standard InChI is InChI=1S/C30H35N7O2S2/c1-19(2)28-34-33-26-14-13-23(18-36(26)28)41-24-12-7-6-9-20(24)17-31-29(39)32-27-16-25(30(3,4)40-5)35-37(27)21-10-8-11-22(38)15-21/h6-16,18-19,26,33,38H,17H2,1-5H3,(H2,31,32,39). The molecule has 1 unspecified atom stereocenters. The molecule has 0 spiro atoms. The van der Waals surface area contributed by atoms with Crippen LogP contribution in [0.25, 0.3) is 5.69 Å². The van der Waals surface area contributed by atoms with Gasteiger partial charge in [0, 0.05) is 40.6 Å². The summed E-state index contributed by atoms with van der Waals surface area (Å²) in [6.07, 6.45) is 8.41. The second kappa shape index (κ2) is 12.0. The van der Waals surface area contributed by atoms with Crippen molar-refractivity contribution in [1.29, 1.82) is 0 Å². The molecular weight excluding hydrogens is 555 g/mol. The van der Waals surface area contributed by atoms with Crippen LogP contribution in [-0.4, -0.2) is 44.1 Å². The molecule has 2 aliphatic rings. The summed E-state index contributed by atoms with van der Waals surface area (Å²) in [5.41, 5.74) is 5.65. The van der Waals surface area contributed by atoms with Crippen molar-refractivity contribution in [1.82, 2.24) is 25.4 Å². The second-order valence-corrected chi connectivity index (χ2v) is 13.1. The number of aromatic hydroxyl groups is 1. The third-order valence-electron chi connectivity index (χ3n) is 6.89. The van der Waals surface area contributed by atoms with E-state index in [-0.39, 0.29) is 22.7 Å². The maximum Gasteiger partial charge on any atom is 0.320 e. The number of anilines is 1. The molecule has 2 aliphatic heterocycles. The highest BCUT2D eigenvalue weighted by Gasteiger charge is 2.29. The smallest absolute Gasteiger partial charge is 0.320 e. The summed E-state index contributed by atoms with van der Waals surface area (Å²) < 4.78 is 1.38. The minimum atomic E-state index is -0.347. The molecule has 1 atom stereocenters. The summed E-state index contributed by atoms with van der Waals surface area (Å²) in [5.74, 6) is 1.96. The average molecular weight is 590 g/mol. The van der Waals surface area contributed by atoms with Gasteiger partial charge in [-0.25, -0.2) is 9.48 Å². The molecule has 0 radical (unpaired) electrons. The van der Waals surface area contributed by atoms with Crippen molar-refractivity contribution in [2.24, 2.45) is 11.0 Å². The number of amidine groups is 1. The number of nitrogens with zero attached hydrogens (tertiary/aromatic N) is 4. The van der Waals surface area contributed by atoms with Gasteiger partial charge in [0.05, 0.1) is 16.1 Å². The maximum absolute atomic E-state index is 13.1. The Morgan fingerprint density at radius 2 is 1.98 bits per heavy atom. The van der Waals surface area contributed by atoms with E-state index < -0.39 is 0 Å². The number of rotatable bonds is 9. The molecule has 0 aliphatic carbocycles. The van der Waals surface area contributed by atoms with Crippen LogP contribution in [0.1, 0.15) is 39.0 Å². The lowest BCUT2D eigenvalue weighted by Gasteiger charge is -2.26. The molecule has 0 fully saturated rings. The number of amides is 2. The zero-order chi connectivity index (χ0) is 29.1. The lowest BCUT2D eigenvalue weighted by molar-refractivity contribution is 0.251. The number of phenolic OH excluding ortho intramolecular Hbond substituents is 1. The summed E-state index contributed by atoms with van der Waals surface area (Å²) >= 11 is 3.33. The molecule has 2 amide bonds. The first-order chi connectivity index (χ1) is 19.6. The van der Waals surface area contributed by atoms with Gasteiger partial charge in [0.1, 0.15) is 23.6 Å². The van der Waals surface area contributed by atoms with Gasteiger partial charge in [-0.3, -0.25) is 10.7 Å². The van der Waals surface area contributed by atoms with E-state index in [0.29, 0.717) is 24.0 Å². The SMILES string of the molecule is CSC(C)(C)c1cc(NC(=O)NCc2ccccc2SC2=CN3C(C(C)C)=NNC3C=C2)n(-c2cccc(O)c2)n1. The highest BCUT2D eigenvalue weighted by molar-refractivity contribution is 8.03. The third kappa shape index (κ3) is 6.41. The Morgan fingerprint density at radius 3 is 2.73 bits per heavy atom. The van der Waals surface area contributed by atoms with Crippen molar-refractivity contribution in [3.05, 3.63) is 89.1 Å². The van der Waals surface area contributed by atoms with Crippen LogP contribution in [0.4, 0.5) is 10.6 Å². The van der Waals surface area contributed by atoms with Crippen LogP contribution in [0.5, 0.6) is 5.75 Å². The lowest BCUT2D eigenvalue weighted by atomic mass is 10.1. The van der Waals surface area contributed by atoms with Gasteiger partial charge in [-0.05, 0) is 56.0 Å². The topological polar surface area (TPSA) is 107 Å². The fraction of sp³-hybridized carbons (Fsp3) is 0.300. The number of thioether (sulfide) groups is 2. The predicted molar refractivity (Wildman–Crippen MR) is 168 cm³/mol. The highest BCUT2D eigenvalue weighted by atomic mass is 32.2. The van der Waals surface area contributed by atoms with E-state index in [4.69, 9.17) is 5.10 Å². The molecule has 0 saturated heterocycles. The number of aromatic nitrogens is 2. The molecule has 214 valence electrons. The lowest BCUT2D eigenvalue weighted by Crippen LogP contribution is -2.37. The average Bonchev–Trinajstić information content (AvgIpc) is 3.57. The van der Waals surface area contributed by atoms with Crippen LogP contribution in [-0.2, 0) is 11.3 Å². The van der Waals surface area contributed by atoms with Gasteiger partial charge < -0.3 is 15.3 Å². The number of hydrogen-bond donors (Lipinski definition) is 4. The molecule has 11 heteroatoms. The molecule has 4 N–H and O–H groups in total. The minimum absolute atomic E-state index is 0.0488. The van der Waals surface area contributed by atoms with Crippen molar-refractivity contribution in [3.63, 3.8) is 0 Å². The molecule has 1 aromatic heterocycles. The van der Waals surface area contributed by atoms with Crippen molar-refractivity contribution in [2.45, 2.75) is 50.0 Å². The molecule has 5 rings (SSSR count). The van der Waals surface area contributed by atoms with Gasteiger partial charge >= 0.3 is 6.03 Å². The summed E-state index contributed by atoms with van der Waals surface area (Å²) in [5, 5.41) is 25.2. The Balaban J connectivity index is 1.30. The molecule has 3 aromatic rings. The first-order valence-corrected chi connectivity index (χ1v) is 15.5. The normalized spacial score (nSPS) is 16.2. The zero-order valence-electron chi connectivity index (χ0n) is 23.8. The second-order valence-electron chi connectivity index (χ2n) is 10.6. The number of hydrogen-bond acceptors (Lipinski definition) is 8. The Labute approximate surface area is 249 Å². The first kappa shape index (κ1) is 28.7. The Kier molecular flexibility index (Phi) is 8.37. The van der Waals surface area contributed by atoms with Gasteiger partial charge in [0.2, 0.25) is 0 Å². The molecule has 9 nitrogen and oxygen atoms in total. The van der Waals surface area contributed by atoms with Crippen LogP contribution in [0.3, 0.4) is 0 Å². The van der Waals surface area contributed by atoms with Crippen LogP contribution < -0.4 is 16.1 Å². The maximum atomic E-state index is 13.1. The zero-order valence-corrected chi connectivity index (χ0v) is 25.4. The number of hydrazone groups is 1. The fourth-order valence-corrected chi connectivity index (χ4v) is 5.73. The fourth-order valence-electron chi connectivity index (χ4n) is 4.43. The van der Waals surface area contributed by atoms with E-state index >= 15 is 0 Å². The van der Waals surface area contributed by atoms with Gasteiger partial charge in [-0.2, -0.15) is 22.0 Å². The van der Waals surface area contributed by atoms with E-state index in [0.717, 1.165) is 26.9 Å². The number of benzene rings is 2. The quantitative estimate of drug-likeness (QED) is 0.235. The Hall–Kier alpha value is -3.83. The number of allylic oxidation sites excluding steroid dienone is 1. The van der Waals surface area contributed by atoms with E-state index in [2.05, 4.69) is 78.2 Å². The monoisotopic (exact) mass is 589 g/mol. The predicted octanol–water partition coefficient (Wildman–Crippen LogP) is 6.20. The molecular formula is C30H35N7O2S2. The van der Waals surface area contributed by atoms with Crippen molar-refractivity contribution < 1.29 is 9.90 Å². The number of fused-ring (bicyclic) bond motifs is 1. The molecule has 0 saturated carbocycles. The van der Waals surface area contributed by atoms with Crippen molar-refractivity contribution >= 4 is 41.2 Å². The van der Waals surface area contributed by atoms with Crippen molar-refractivity contribution in [3.8, 4) is 11.4 Å². The minimum Gasteiger partial charge on any atom is -0.508 e. The number of carbonyl (C=O) groups is 1. The summed E-state index contributed by atoms with van der Waals surface area (Å²) in [4.78, 5) is 17.4.